The Kier molecular flexibility index (Phi) is 3.72. The van der Waals surface area contributed by atoms with E-state index in [1.54, 1.807) is 0 Å². The van der Waals surface area contributed by atoms with E-state index in [9.17, 15) is 0 Å². The Bertz CT molecular complexity index is 588. The Morgan fingerprint density at radius 3 is 2.75 bits per heavy atom. The first-order chi connectivity index (χ1) is 9.79. The van der Waals surface area contributed by atoms with Crippen molar-refractivity contribution in [2.75, 3.05) is 0 Å². The highest BCUT2D eigenvalue weighted by Crippen LogP contribution is 2.49. The van der Waals surface area contributed by atoms with Crippen LogP contribution < -0.4 is 11.3 Å². The highest BCUT2D eigenvalue weighted by Gasteiger charge is 2.40. The summed E-state index contributed by atoms with van der Waals surface area (Å²) < 4.78 is 0. The average Bonchev–Trinajstić information content (AvgIpc) is 2.98. The van der Waals surface area contributed by atoms with Crippen molar-refractivity contribution in [3.63, 3.8) is 0 Å². The molecule has 0 aliphatic heterocycles. The van der Waals surface area contributed by atoms with Crippen LogP contribution in [0.25, 0.3) is 10.9 Å². The molecule has 1 aliphatic carbocycles. The molecule has 0 amide bonds. The van der Waals surface area contributed by atoms with Gasteiger partial charge in [0.05, 0.1) is 11.6 Å². The van der Waals surface area contributed by atoms with Gasteiger partial charge in [-0.25, -0.2) is 0 Å². The van der Waals surface area contributed by atoms with E-state index in [-0.39, 0.29) is 6.04 Å². The normalized spacial score (nSPS) is 19.3. The topological polar surface area (TPSA) is 50.9 Å². The summed E-state index contributed by atoms with van der Waals surface area (Å²) in [6.45, 7) is 2.28. The summed E-state index contributed by atoms with van der Waals surface area (Å²) in [5.74, 6) is 5.91. The molecule has 0 spiro atoms. The largest absolute Gasteiger partial charge is 0.271 e. The maximum atomic E-state index is 5.91. The van der Waals surface area contributed by atoms with Crippen molar-refractivity contribution in [3.8, 4) is 0 Å². The Morgan fingerprint density at radius 1 is 1.30 bits per heavy atom. The highest BCUT2D eigenvalue weighted by atomic mass is 15.2. The number of rotatable bonds is 4. The molecular formula is C17H23N3. The molecule has 1 aromatic heterocycles. The van der Waals surface area contributed by atoms with E-state index >= 15 is 0 Å². The predicted molar refractivity (Wildman–Crippen MR) is 83.0 cm³/mol. The minimum atomic E-state index is 0.201. The summed E-state index contributed by atoms with van der Waals surface area (Å²) in [5, 5.41) is 1.19. The zero-order chi connectivity index (χ0) is 14.0. The van der Waals surface area contributed by atoms with Gasteiger partial charge in [-0.2, -0.15) is 0 Å². The number of nitrogens with two attached hydrogens (primary N) is 1. The molecule has 1 fully saturated rings. The maximum absolute atomic E-state index is 5.91. The number of pyridine rings is 1. The number of nitrogens with zero attached hydrogens (tertiary/aromatic N) is 1. The third kappa shape index (κ3) is 2.21. The van der Waals surface area contributed by atoms with E-state index in [0.717, 1.165) is 11.9 Å². The fourth-order valence-corrected chi connectivity index (χ4v) is 3.80. The quantitative estimate of drug-likeness (QED) is 0.657. The van der Waals surface area contributed by atoms with Crippen molar-refractivity contribution < 1.29 is 0 Å². The van der Waals surface area contributed by atoms with Crippen LogP contribution in [0.15, 0.2) is 36.5 Å². The smallest absolute Gasteiger partial charge is 0.0702 e. The van der Waals surface area contributed by atoms with Gasteiger partial charge in [0.15, 0.2) is 0 Å². The standard InChI is InChI=1S/C17H23N3/c1-2-17(9-5-6-10-17)16(20-18)14-11-13-7-3-4-8-15(13)19-12-14/h3-4,7-8,11-12,16,20H,2,5-6,9-10,18H2,1H3. The number of fused-ring (bicyclic) bond motifs is 1. The molecule has 1 unspecified atom stereocenters. The van der Waals surface area contributed by atoms with Crippen LogP contribution in [0.5, 0.6) is 0 Å². The third-order valence-electron chi connectivity index (χ3n) is 5.03. The van der Waals surface area contributed by atoms with E-state index < -0.39 is 0 Å². The van der Waals surface area contributed by atoms with Gasteiger partial charge in [0.2, 0.25) is 0 Å². The number of hydrogen-bond donors (Lipinski definition) is 2. The summed E-state index contributed by atoms with van der Waals surface area (Å²) in [5.41, 5.74) is 5.63. The Labute approximate surface area is 120 Å². The number of hydrazine groups is 1. The van der Waals surface area contributed by atoms with Gasteiger partial charge < -0.3 is 0 Å². The fourth-order valence-electron chi connectivity index (χ4n) is 3.80. The van der Waals surface area contributed by atoms with Crippen LogP contribution >= 0.6 is 0 Å². The van der Waals surface area contributed by atoms with Crippen LogP contribution in [0.1, 0.15) is 50.6 Å². The van der Waals surface area contributed by atoms with Crippen molar-refractivity contribution in [2.45, 2.75) is 45.1 Å². The van der Waals surface area contributed by atoms with E-state index in [0.29, 0.717) is 5.41 Å². The molecule has 20 heavy (non-hydrogen) atoms. The molecule has 1 aliphatic rings. The van der Waals surface area contributed by atoms with Gasteiger partial charge in [0.1, 0.15) is 0 Å². The van der Waals surface area contributed by atoms with Crippen molar-refractivity contribution in [3.05, 3.63) is 42.1 Å². The first-order valence-corrected chi connectivity index (χ1v) is 7.60. The van der Waals surface area contributed by atoms with E-state index in [1.165, 1.54) is 36.6 Å². The Morgan fingerprint density at radius 2 is 2.05 bits per heavy atom. The molecular weight excluding hydrogens is 246 g/mol. The molecule has 3 rings (SSSR count). The van der Waals surface area contributed by atoms with Gasteiger partial charge in [-0.15, -0.1) is 0 Å². The minimum absolute atomic E-state index is 0.201. The lowest BCUT2D eigenvalue weighted by Gasteiger charge is -2.36. The lowest BCUT2D eigenvalue weighted by Crippen LogP contribution is -2.40. The van der Waals surface area contributed by atoms with E-state index in [1.807, 2.05) is 12.3 Å². The lowest BCUT2D eigenvalue weighted by molar-refractivity contribution is 0.188. The second-order valence-electron chi connectivity index (χ2n) is 5.98. The fraction of sp³-hybridized carbons (Fsp3) is 0.471. The van der Waals surface area contributed by atoms with Crippen LogP contribution in [-0.4, -0.2) is 4.98 Å². The SMILES string of the molecule is CCC1(C(NN)c2cnc3ccccc3c2)CCCC1. The summed E-state index contributed by atoms with van der Waals surface area (Å²) >= 11 is 0. The molecule has 1 aromatic carbocycles. The van der Waals surface area contributed by atoms with Gasteiger partial charge in [-0.3, -0.25) is 16.3 Å². The van der Waals surface area contributed by atoms with E-state index in [2.05, 4.69) is 41.6 Å². The van der Waals surface area contributed by atoms with Gasteiger partial charge >= 0.3 is 0 Å². The Hall–Kier alpha value is -1.45. The first kappa shape index (κ1) is 13.5. The number of para-hydroxylation sites is 1. The lowest BCUT2D eigenvalue weighted by atomic mass is 9.74. The molecule has 1 saturated carbocycles. The second kappa shape index (κ2) is 5.51. The third-order valence-corrected chi connectivity index (χ3v) is 5.03. The first-order valence-electron chi connectivity index (χ1n) is 7.60. The zero-order valence-electron chi connectivity index (χ0n) is 12.1. The summed E-state index contributed by atoms with van der Waals surface area (Å²) in [6, 6.07) is 10.7. The number of hydrogen-bond acceptors (Lipinski definition) is 3. The monoisotopic (exact) mass is 269 g/mol. The van der Waals surface area contributed by atoms with Crippen molar-refractivity contribution in [1.29, 1.82) is 0 Å². The molecule has 2 aromatic rings. The molecule has 106 valence electrons. The highest BCUT2D eigenvalue weighted by molar-refractivity contribution is 5.78. The van der Waals surface area contributed by atoms with Crippen molar-refractivity contribution >= 4 is 10.9 Å². The minimum Gasteiger partial charge on any atom is -0.271 e. The molecule has 3 N–H and O–H groups in total. The van der Waals surface area contributed by atoms with Crippen LogP contribution in [0.2, 0.25) is 0 Å². The molecule has 0 radical (unpaired) electrons. The van der Waals surface area contributed by atoms with Gasteiger partial charge in [0, 0.05) is 11.6 Å². The number of aromatic nitrogens is 1. The summed E-state index contributed by atoms with van der Waals surface area (Å²) in [4.78, 5) is 4.59. The van der Waals surface area contributed by atoms with E-state index in [4.69, 9.17) is 5.84 Å². The van der Waals surface area contributed by atoms with Crippen LogP contribution in [0.4, 0.5) is 0 Å². The van der Waals surface area contributed by atoms with Crippen LogP contribution in [0, 0.1) is 5.41 Å². The second-order valence-corrected chi connectivity index (χ2v) is 5.98. The van der Waals surface area contributed by atoms with Crippen LogP contribution in [0.3, 0.4) is 0 Å². The summed E-state index contributed by atoms with van der Waals surface area (Å²) in [6.07, 6.45) is 8.29. The molecule has 1 heterocycles. The number of benzene rings is 1. The van der Waals surface area contributed by atoms with Gasteiger partial charge in [-0.05, 0) is 42.4 Å². The number of nitrogens with one attached hydrogen (secondary N) is 1. The molecule has 0 bridgehead atoms. The molecule has 1 atom stereocenters. The van der Waals surface area contributed by atoms with Crippen molar-refractivity contribution in [2.24, 2.45) is 11.3 Å². The summed E-state index contributed by atoms with van der Waals surface area (Å²) in [7, 11) is 0. The average molecular weight is 269 g/mol. The van der Waals surface area contributed by atoms with Gasteiger partial charge in [-0.1, -0.05) is 38.0 Å². The zero-order valence-corrected chi connectivity index (χ0v) is 12.1. The predicted octanol–water partition coefficient (Wildman–Crippen LogP) is 3.71. The Balaban J connectivity index is 2.02. The maximum Gasteiger partial charge on any atom is 0.0702 e. The molecule has 0 saturated heterocycles. The van der Waals surface area contributed by atoms with Gasteiger partial charge in [0.25, 0.3) is 0 Å². The molecule has 3 nitrogen and oxygen atoms in total. The van der Waals surface area contributed by atoms with Crippen molar-refractivity contribution in [1.82, 2.24) is 10.4 Å². The molecule has 3 heteroatoms. The van der Waals surface area contributed by atoms with Crippen LogP contribution in [-0.2, 0) is 0 Å².